The van der Waals surface area contributed by atoms with Gasteiger partial charge in [-0.05, 0) is 33.8 Å². The van der Waals surface area contributed by atoms with Gasteiger partial charge in [-0.15, -0.1) is 0 Å². The monoisotopic (exact) mass is 277 g/mol. The van der Waals surface area contributed by atoms with E-state index in [2.05, 4.69) is 38.9 Å². The number of carbonyl (C=O) groups excluding carboxylic acids is 1. The highest BCUT2D eigenvalue weighted by molar-refractivity contribution is 5.95. The zero-order valence-corrected chi connectivity index (χ0v) is 12.1. The van der Waals surface area contributed by atoms with Crippen molar-refractivity contribution in [1.82, 2.24) is 25.1 Å². The lowest BCUT2D eigenvalue weighted by molar-refractivity contribution is 0.0949. The SMILES string of the molecule is Cc1cc(C(=O)NCc2n[nH]c(=O)[nH]2)c(C)n1C(C)C. The molecule has 7 nitrogen and oxygen atoms in total. The van der Waals surface area contributed by atoms with Crippen LogP contribution in [-0.2, 0) is 6.54 Å². The highest BCUT2D eigenvalue weighted by atomic mass is 16.2. The van der Waals surface area contributed by atoms with Crippen molar-refractivity contribution in [3.05, 3.63) is 39.3 Å². The highest BCUT2D eigenvalue weighted by Gasteiger charge is 2.17. The summed E-state index contributed by atoms with van der Waals surface area (Å²) in [5.41, 5.74) is 2.25. The maximum atomic E-state index is 12.2. The Kier molecular flexibility index (Phi) is 3.78. The van der Waals surface area contributed by atoms with Crippen molar-refractivity contribution in [2.75, 3.05) is 0 Å². The van der Waals surface area contributed by atoms with Crippen LogP contribution in [0.15, 0.2) is 10.9 Å². The maximum absolute atomic E-state index is 12.2. The molecule has 108 valence electrons. The van der Waals surface area contributed by atoms with Crippen molar-refractivity contribution >= 4 is 5.91 Å². The first-order valence-corrected chi connectivity index (χ1v) is 6.50. The number of aryl methyl sites for hydroxylation is 1. The van der Waals surface area contributed by atoms with E-state index < -0.39 is 0 Å². The Morgan fingerprint density at radius 3 is 2.65 bits per heavy atom. The summed E-state index contributed by atoms with van der Waals surface area (Å²) in [7, 11) is 0. The van der Waals surface area contributed by atoms with Crippen LogP contribution in [0, 0.1) is 13.8 Å². The second-order valence-corrected chi connectivity index (χ2v) is 5.06. The molecule has 7 heteroatoms. The number of aromatic nitrogens is 4. The molecule has 2 rings (SSSR count). The topological polar surface area (TPSA) is 95.6 Å². The third-order valence-corrected chi connectivity index (χ3v) is 3.21. The number of hydrogen-bond acceptors (Lipinski definition) is 3. The predicted molar refractivity (Wildman–Crippen MR) is 74.7 cm³/mol. The maximum Gasteiger partial charge on any atom is 0.340 e. The first-order valence-electron chi connectivity index (χ1n) is 6.50. The summed E-state index contributed by atoms with van der Waals surface area (Å²) in [6.45, 7) is 8.25. The standard InChI is InChI=1S/C13H19N5O2/c1-7(2)18-8(3)5-10(9(18)4)12(19)14-6-11-15-13(20)17-16-11/h5,7H,6H2,1-4H3,(H,14,19)(H2,15,16,17,20). The van der Waals surface area contributed by atoms with Gasteiger partial charge in [-0.1, -0.05) is 0 Å². The average Bonchev–Trinajstić information content (AvgIpc) is 2.90. The minimum atomic E-state index is -0.382. The van der Waals surface area contributed by atoms with Gasteiger partial charge in [-0.25, -0.2) is 9.89 Å². The summed E-state index contributed by atoms with van der Waals surface area (Å²) in [6.07, 6.45) is 0. The summed E-state index contributed by atoms with van der Waals surface area (Å²) in [5.74, 6) is 0.231. The number of H-pyrrole nitrogens is 2. The predicted octanol–water partition coefficient (Wildman–Crippen LogP) is 1.03. The van der Waals surface area contributed by atoms with Crippen molar-refractivity contribution in [1.29, 1.82) is 0 Å². The van der Waals surface area contributed by atoms with E-state index in [1.807, 2.05) is 19.9 Å². The second kappa shape index (κ2) is 5.36. The van der Waals surface area contributed by atoms with Gasteiger partial charge in [0, 0.05) is 17.4 Å². The van der Waals surface area contributed by atoms with Crippen LogP contribution >= 0.6 is 0 Å². The molecule has 0 aromatic carbocycles. The first-order chi connectivity index (χ1) is 9.40. The Labute approximate surface area is 116 Å². The summed E-state index contributed by atoms with van der Waals surface area (Å²) < 4.78 is 2.12. The number of amides is 1. The van der Waals surface area contributed by atoms with E-state index in [1.54, 1.807) is 0 Å². The van der Waals surface area contributed by atoms with Crippen molar-refractivity contribution in [2.24, 2.45) is 0 Å². The highest BCUT2D eigenvalue weighted by Crippen LogP contribution is 2.19. The third-order valence-electron chi connectivity index (χ3n) is 3.21. The molecule has 0 aliphatic rings. The molecule has 0 bridgehead atoms. The van der Waals surface area contributed by atoms with Crippen LogP contribution in [0.2, 0.25) is 0 Å². The molecule has 2 heterocycles. The number of rotatable bonds is 4. The van der Waals surface area contributed by atoms with Gasteiger partial charge in [0.2, 0.25) is 0 Å². The van der Waals surface area contributed by atoms with Gasteiger partial charge in [0.15, 0.2) is 0 Å². The van der Waals surface area contributed by atoms with Crippen molar-refractivity contribution in [3.63, 3.8) is 0 Å². The van der Waals surface area contributed by atoms with E-state index in [4.69, 9.17) is 0 Å². The zero-order chi connectivity index (χ0) is 14.9. The van der Waals surface area contributed by atoms with Crippen LogP contribution in [0.1, 0.15) is 47.5 Å². The first kappa shape index (κ1) is 14.1. The molecule has 0 aliphatic heterocycles. The Morgan fingerprint density at radius 2 is 2.15 bits per heavy atom. The number of nitrogens with one attached hydrogen (secondary N) is 3. The fraction of sp³-hybridized carbons (Fsp3) is 0.462. The van der Waals surface area contributed by atoms with E-state index in [0.29, 0.717) is 17.4 Å². The van der Waals surface area contributed by atoms with E-state index in [-0.39, 0.29) is 18.1 Å². The molecule has 2 aromatic heterocycles. The molecular weight excluding hydrogens is 258 g/mol. The summed E-state index contributed by atoms with van der Waals surface area (Å²) in [4.78, 5) is 25.6. The molecule has 0 saturated heterocycles. The number of aromatic amines is 2. The van der Waals surface area contributed by atoms with Gasteiger partial charge >= 0.3 is 5.69 Å². The summed E-state index contributed by atoms with van der Waals surface area (Å²) in [5, 5.41) is 8.74. The fourth-order valence-electron chi connectivity index (χ4n) is 2.45. The molecule has 0 radical (unpaired) electrons. The number of carbonyl (C=O) groups is 1. The lowest BCUT2D eigenvalue weighted by Gasteiger charge is -2.13. The smallest absolute Gasteiger partial charge is 0.340 e. The second-order valence-electron chi connectivity index (χ2n) is 5.06. The van der Waals surface area contributed by atoms with Crippen LogP contribution in [0.4, 0.5) is 0 Å². The Morgan fingerprint density at radius 1 is 1.45 bits per heavy atom. The molecule has 0 fully saturated rings. The van der Waals surface area contributed by atoms with Crippen LogP contribution in [-0.4, -0.2) is 25.7 Å². The summed E-state index contributed by atoms with van der Waals surface area (Å²) >= 11 is 0. The van der Waals surface area contributed by atoms with Crippen LogP contribution in [0.25, 0.3) is 0 Å². The summed E-state index contributed by atoms with van der Waals surface area (Å²) in [6, 6.07) is 2.18. The Bertz CT molecular complexity index is 677. The van der Waals surface area contributed by atoms with Gasteiger partial charge in [0.1, 0.15) is 5.82 Å². The molecular formula is C13H19N5O2. The van der Waals surface area contributed by atoms with Gasteiger partial charge in [-0.3, -0.25) is 9.78 Å². The minimum absolute atomic E-state index is 0.172. The molecule has 0 spiro atoms. The average molecular weight is 277 g/mol. The Hall–Kier alpha value is -2.31. The largest absolute Gasteiger partial charge is 0.346 e. The Balaban J connectivity index is 2.13. The third kappa shape index (κ3) is 2.66. The lowest BCUT2D eigenvalue weighted by atomic mass is 10.2. The van der Waals surface area contributed by atoms with Gasteiger partial charge in [0.05, 0.1) is 12.1 Å². The fourth-order valence-corrected chi connectivity index (χ4v) is 2.45. The molecule has 1 amide bonds. The molecule has 2 aromatic rings. The van der Waals surface area contributed by atoms with Gasteiger partial charge < -0.3 is 9.88 Å². The zero-order valence-electron chi connectivity index (χ0n) is 12.1. The van der Waals surface area contributed by atoms with Crippen molar-refractivity contribution in [2.45, 2.75) is 40.3 Å². The molecule has 20 heavy (non-hydrogen) atoms. The van der Waals surface area contributed by atoms with E-state index in [0.717, 1.165) is 11.4 Å². The molecule has 0 aliphatic carbocycles. The minimum Gasteiger partial charge on any atom is -0.346 e. The quantitative estimate of drug-likeness (QED) is 0.778. The number of hydrogen-bond donors (Lipinski definition) is 3. The van der Waals surface area contributed by atoms with Crippen molar-refractivity contribution < 1.29 is 4.79 Å². The van der Waals surface area contributed by atoms with Gasteiger partial charge in [0.25, 0.3) is 5.91 Å². The van der Waals surface area contributed by atoms with Crippen LogP contribution in [0.3, 0.4) is 0 Å². The van der Waals surface area contributed by atoms with Crippen LogP contribution < -0.4 is 11.0 Å². The van der Waals surface area contributed by atoms with Crippen LogP contribution in [0.5, 0.6) is 0 Å². The van der Waals surface area contributed by atoms with Crippen molar-refractivity contribution in [3.8, 4) is 0 Å². The molecule has 3 N–H and O–H groups in total. The van der Waals surface area contributed by atoms with E-state index >= 15 is 0 Å². The molecule has 0 saturated carbocycles. The molecule has 0 atom stereocenters. The van der Waals surface area contributed by atoms with Gasteiger partial charge in [-0.2, -0.15) is 5.10 Å². The number of nitrogens with zero attached hydrogens (tertiary/aromatic N) is 2. The normalized spacial score (nSPS) is 11.1. The van der Waals surface area contributed by atoms with E-state index in [1.165, 1.54) is 0 Å². The van der Waals surface area contributed by atoms with E-state index in [9.17, 15) is 9.59 Å². The molecule has 0 unspecified atom stereocenters. The lowest BCUT2D eigenvalue weighted by Crippen LogP contribution is -2.24.